The van der Waals surface area contributed by atoms with Crippen molar-refractivity contribution >= 4 is 17.9 Å². The standard InChI is InChI=1S/C10H6ClN3O/c11-10-6-8(2-1-5-13-14-12)3-4-9(10)7-15/h3-4,6-7H,5H2. The Labute approximate surface area is 91.5 Å². The first kappa shape index (κ1) is 11.1. The first-order valence-corrected chi connectivity index (χ1v) is 4.40. The normalized spacial score (nSPS) is 8.33. The van der Waals surface area contributed by atoms with Crippen molar-refractivity contribution in [1.29, 1.82) is 0 Å². The van der Waals surface area contributed by atoms with E-state index >= 15 is 0 Å². The van der Waals surface area contributed by atoms with E-state index in [1.807, 2.05) is 0 Å². The van der Waals surface area contributed by atoms with Crippen LogP contribution in [0.2, 0.25) is 5.02 Å². The summed E-state index contributed by atoms with van der Waals surface area (Å²) in [5.41, 5.74) is 9.11. The Morgan fingerprint density at radius 2 is 2.40 bits per heavy atom. The number of azide groups is 1. The molecular formula is C10H6ClN3O. The summed E-state index contributed by atoms with van der Waals surface area (Å²) in [6.45, 7) is 0.115. The second kappa shape index (κ2) is 5.71. The molecule has 0 aliphatic rings. The predicted molar refractivity (Wildman–Crippen MR) is 57.7 cm³/mol. The third kappa shape index (κ3) is 3.35. The monoisotopic (exact) mass is 219 g/mol. The average Bonchev–Trinajstić information content (AvgIpc) is 2.25. The summed E-state index contributed by atoms with van der Waals surface area (Å²) in [5, 5.41) is 3.62. The van der Waals surface area contributed by atoms with Gasteiger partial charge in [-0.15, -0.1) is 0 Å². The predicted octanol–water partition coefficient (Wildman–Crippen LogP) is 2.81. The maximum atomic E-state index is 10.5. The number of rotatable bonds is 2. The second-order valence-corrected chi connectivity index (χ2v) is 2.95. The fraction of sp³-hybridized carbons (Fsp3) is 0.100. The Morgan fingerprint density at radius 1 is 1.60 bits per heavy atom. The summed E-state index contributed by atoms with van der Waals surface area (Å²) < 4.78 is 0. The fourth-order valence-electron chi connectivity index (χ4n) is 0.909. The summed E-state index contributed by atoms with van der Waals surface area (Å²) in [6.07, 6.45) is 0.680. The SMILES string of the molecule is [N-]=[N+]=NCC#Cc1ccc(C=O)c(Cl)c1. The molecule has 15 heavy (non-hydrogen) atoms. The molecule has 0 bridgehead atoms. The van der Waals surface area contributed by atoms with E-state index in [1.54, 1.807) is 18.2 Å². The van der Waals surface area contributed by atoms with Gasteiger partial charge in [-0.2, -0.15) is 0 Å². The zero-order valence-corrected chi connectivity index (χ0v) is 8.40. The molecule has 0 atom stereocenters. The van der Waals surface area contributed by atoms with Crippen LogP contribution < -0.4 is 0 Å². The molecule has 0 radical (unpaired) electrons. The number of carbonyl (C=O) groups excluding carboxylic acids is 1. The van der Waals surface area contributed by atoms with E-state index in [4.69, 9.17) is 17.1 Å². The highest BCUT2D eigenvalue weighted by Gasteiger charge is 1.98. The maximum absolute atomic E-state index is 10.5. The summed E-state index contributed by atoms with van der Waals surface area (Å²) in [6, 6.07) is 4.86. The highest BCUT2D eigenvalue weighted by atomic mass is 35.5. The van der Waals surface area contributed by atoms with E-state index in [2.05, 4.69) is 21.9 Å². The lowest BCUT2D eigenvalue weighted by molar-refractivity contribution is 0.112. The summed E-state index contributed by atoms with van der Waals surface area (Å²) in [4.78, 5) is 13.0. The van der Waals surface area contributed by atoms with Crippen molar-refractivity contribution in [3.05, 3.63) is 44.8 Å². The first-order chi connectivity index (χ1) is 7.27. The molecule has 0 spiro atoms. The van der Waals surface area contributed by atoms with E-state index in [9.17, 15) is 4.79 Å². The van der Waals surface area contributed by atoms with Crippen molar-refractivity contribution in [3.63, 3.8) is 0 Å². The number of hydrogen-bond acceptors (Lipinski definition) is 2. The minimum Gasteiger partial charge on any atom is -0.298 e. The van der Waals surface area contributed by atoms with Crippen LogP contribution in [0.1, 0.15) is 15.9 Å². The molecule has 4 nitrogen and oxygen atoms in total. The number of aldehydes is 1. The molecule has 74 valence electrons. The van der Waals surface area contributed by atoms with Crippen LogP contribution in [-0.2, 0) is 0 Å². The molecule has 1 aromatic rings. The zero-order chi connectivity index (χ0) is 11.1. The van der Waals surface area contributed by atoms with Gasteiger partial charge in [0.05, 0.1) is 11.6 Å². The molecule has 0 amide bonds. The van der Waals surface area contributed by atoms with Gasteiger partial charge in [0.25, 0.3) is 0 Å². The molecule has 1 rings (SSSR count). The van der Waals surface area contributed by atoms with Gasteiger partial charge in [0.2, 0.25) is 0 Å². The van der Waals surface area contributed by atoms with Gasteiger partial charge in [0.1, 0.15) is 0 Å². The summed E-state index contributed by atoms with van der Waals surface area (Å²) in [5.74, 6) is 5.41. The number of benzene rings is 1. The molecule has 0 saturated heterocycles. The van der Waals surface area contributed by atoms with Crippen molar-refractivity contribution in [2.45, 2.75) is 0 Å². The van der Waals surface area contributed by atoms with Gasteiger partial charge in [-0.3, -0.25) is 4.79 Å². The molecule has 0 saturated carbocycles. The largest absolute Gasteiger partial charge is 0.298 e. The fourth-order valence-corrected chi connectivity index (χ4v) is 1.13. The number of nitrogens with zero attached hydrogens (tertiary/aromatic N) is 3. The van der Waals surface area contributed by atoms with Crippen LogP contribution in [-0.4, -0.2) is 12.8 Å². The third-order valence-corrected chi connectivity index (χ3v) is 1.90. The van der Waals surface area contributed by atoms with Crippen LogP contribution >= 0.6 is 11.6 Å². The van der Waals surface area contributed by atoms with Crippen molar-refractivity contribution in [1.82, 2.24) is 0 Å². The topological polar surface area (TPSA) is 65.8 Å². The van der Waals surface area contributed by atoms with Crippen molar-refractivity contribution < 1.29 is 4.79 Å². The van der Waals surface area contributed by atoms with Crippen LogP contribution in [0.4, 0.5) is 0 Å². The number of hydrogen-bond donors (Lipinski definition) is 0. The van der Waals surface area contributed by atoms with Gasteiger partial charge in [0, 0.05) is 16.0 Å². The van der Waals surface area contributed by atoms with Crippen molar-refractivity contribution in [2.75, 3.05) is 6.54 Å². The van der Waals surface area contributed by atoms with E-state index < -0.39 is 0 Å². The Balaban J connectivity index is 2.86. The molecule has 0 aromatic heterocycles. The summed E-state index contributed by atoms with van der Waals surface area (Å²) in [7, 11) is 0. The molecule has 5 heteroatoms. The lowest BCUT2D eigenvalue weighted by Crippen LogP contribution is -1.83. The zero-order valence-electron chi connectivity index (χ0n) is 7.64. The van der Waals surface area contributed by atoms with E-state index in [-0.39, 0.29) is 6.54 Å². The Kier molecular flexibility index (Phi) is 4.24. The Bertz CT molecular complexity index is 481. The molecule has 1 aromatic carbocycles. The molecule has 0 aliphatic heterocycles. The van der Waals surface area contributed by atoms with E-state index in [0.29, 0.717) is 22.4 Å². The van der Waals surface area contributed by atoms with E-state index in [1.165, 1.54) is 0 Å². The molecule has 0 fully saturated rings. The minimum absolute atomic E-state index is 0.115. The highest BCUT2D eigenvalue weighted by molar-refractivity contribution is 6.33. The molecule has 0 aliphatic carbocycles. The third-order valence-electron chi connectivity index (χ3n) is 1.57. The molecular weight excluding hydrogens is 214 g/mol. The van der Waals surface area contributed by atoms with Gasteiger partial charge in [0.15, 0.2) is 6.29 Å². The van der Waals surface area contributed by atoms with Gasteiger partial charge in [-0.25, -0.2) is 0 Å². The molecule has 0 N–H and O–H groups in total. The average molecular weight is 220 g/mol. The maximum Gasteiger partial charge on any atom is 0.151 e. The molecule has 0 heterocycles. The van der Waals surface area contributed by atoms with Crippen LogP contribution in [0.5, 0.6) is 0 Å². The van der Waals surface area contributed by atoms with Crippen LogP contribution in [0.15, 0.2) is 23.3 Å². The Morgan fingerprint density at radius 3 is 3.00 bits per heavy atom. The Hall–Kier alpha value is -1.95. The van der Waals surface area contributed by atoms with Gasteiger partial charge in [-0.05, 0) is 23.7 Å². The number of halogens is 1. The van der Waals surface area contributed by atoms with Crippen molar-refractivity contribution in [2.24, 2.45) is 5.11 Å². The first-order valence-electron chi connectivity index (χ1n) is 4.02. The smallest absolute Gasteiger partial charge is 0.151 e. The highest BCUT2D eigenvalue weighted by Crippen LogP contribution is 2.15. The van der Waals surface area contributed by atoms with Gasteiger partial charge in [-0.1, -0.05) is 28.6 Å². The van der Waals surface area contributed by atoms with Crippen molar-refractivity contribution in [3.8, 4) is 11.8 Å². The lowest BCUT2D eigenvalue weighted by Gasteiger charge is -1.95. The van der Waals surface area contributed by atoms with Crippen LogP contribution in [0.3, 0.4) is 0 Å². The van der Waals surface area contributed by atoms with E-state index in [0.717, 1.165) is 0 Å². The summed E-state index contributed by atoms with van der Waals surface area (Å²) >= 11 is 5.79. The molecule has 0 unspecified atom stereocenters. The van der Waals surface area contributed by atoms with Crippen LogP contribution in [0, 0.1) is 11.8 Å². The number of carbonyl (C=O) groups is 1. The minimum atomic E-state index is 0.115. The lowest BCUT2D eigenvalue weighted by atomic mass is 10.1. The quantitative estimate of drug-likeness (QED) is 0.248. The second-order valence-electron chi connectivity index (χ2n) is 2.54. The van der Waals surface area contributed by atoms with Gasteiger partial charge >= 0.3 is 0 Å². The van der Waals surface area contributed by atoms with Gasteiger partial charge < -0.3 is 0 Å². The van der Waals surface area contributed by atoms with Crippen LogP contribution in [0.25, 0.3) is 10.4 Å².